The number of hydrogen-bond acceptors (Lipinski definition) is 5. The minimum atomic E-state index is -0.519. The summed E-state index contributed by atoms with van der Waals surface area (Å²) in [5.74, 6) is 0.600. The van der Waals surface area contributed by atoms with E-state index in [1.165, 1.54) is 7.11 Å². The SMILES string of the molecule is COC(=O)c1cc(-c2ccccc2)c(=O)n(-c2ccc(OC)cc2)c1N(C)Cc1ccccc1. The third kappa shape index (κ3) is 4.57. The molecular weight excluding hydrogens is 428 g/mol. The van der Waals surface area contributed by atoms with Crippen LogP contribution in [0.15, 0.2) is 95.8 Å². The zero-order chi connectivity index (χ0) is 24.1. The predicted molar refractivity (Wildman–Crippen MR) is 134 cm³/mol. The van der Waals surface area contributed by atoms with Gasteiger partial charge in [-0.1, -0.05) is 60.7 Å². The number of pyridine rings is 1. The molecule has 0 aliphatic carbocycles. The summed E-state index contributed by atoms with van der Waals surface area (Å²) >= 11 is 0. The largest absolute Gasteiger partial charge is 0.497 e. The molecule has 0 amide bonds. The fourth-order valence-electron chi connectivity index (χ4n) is 3.97. The molecule has 34 heavy (non-hydrogen) atoms. The minimum absolute atomic E-state index is 0.237. The van der Waals surface area contributed by atoms with Crippen molar-refractivity contribution in [1.29, 1.82) is 0 Å². The zero-order valence-corrected chi connectivity index (χ0v) is 19.4. The van der Waals surface area contributed by atoms with E-state index >= 15 is 0 Å². The maximum Gasteiger partial charge on any atom is 0.341 e. The van der Waals surface area contributed by atoms with Crippen LogP contribution in [0.4, 0.5) is 5.82 Å². The number of aromatic nitrogens is 1. The van der Waals surface area contributed by atoms with Crippen LogP contribution in [0.2, 0.25) is 0 Å². The first kappa shape index (κ1) is 22.9. The van der Waals surface area contributed by atoms with E-state index < -0.39 is 5.97 Å². The lowest BCUT2D eigenvalue weighted by Gasteiger charge is -2.27. The number of ether oxygens (including phenoxy) is 2. The number of nitrogens with zero attached hydrogens (tertiary/aromatic N) is 2. The Morgan fingerprint density at radius 3 is 2.09 bits per heavy atom. The Bertz CT molecular complexity index is 1330. The average molecular weight is 455 g/mol. The summed E-state index contributed by atoms with van der Waals surface area (Å²) in [5.41, 5.74) is 2.85. The van der Waals surface area contributed by atoms with Crippen molar-refractivity contribution in [1.82, 2.24) is 4.57 Å². The number of methoxy groups -OCH3 is 2. The van der Waals surface area contributed by atoms with Gasteiger partial charge in [-0.3, -0.25) is 9.36 Å². The molecule has 0 aliphatic heterocycles. The summed E-state index contributed by atoms with van der Waals surface area (Å²) in [6, 6.07) is 28.0. The highest BCUT2D eigenvalue weighted by Gasteiger charge is 2.25. The van der Waals surface area contributed by atoms with Crippen LogP contribution < -0.4 is 15.2 Å². The Kier molecular flexibility index (Phi) is 6.78. The molecule has 6 nitrogen and oxygen atoms in total. The third-order valence-electron chi connectivity index (χ3n) is 5.62. The van der Waals surface area contributed by atoms with E-state index in [1.54, 1.807) is 42.0 Å². The van der Waals surface area contributed by atoms with Gasteiger partial charge in [0.15, 0.2) is 0 Å². The lowest BCUT2D eigenvalue weighted by molar-refractivity contribution is 0.0600. The van der Waals surface area contributed by atoms with Crippen molar-refractivity contribution in [3.8, 4) is 22.6 Å². The van der Waals surface area contributed by atoms with Crippen LogP contribution >= 0.6 is 0 Å². The molecule has 0 atom stereocenters. The van der Waals surface area contributed by atoms with Crippen LogP contribution in [0.5, 0.6) is 5.75 Å². The average Bonchev–Trinajstić information content (AvgIpc) is 2.89. The molecule has 3 aromatic carbocycles. The molecule has 4 aromatic rings. The highest BCUT2D eigenvalue weighted by Crippen LogP contribution is 2.29. The van der Waals surface area contributed by atoms with Crippen LogP contribution in [0, 0.1) is 0 Å². The van der Waals surface area contributed by atoms with E-state index in [9.17, 15) is 9.59 Å². The molecule has 0 unspecified atom stereocenters. The second kappa shape index (κ2) is 10.1. The number of benzene rings is 3. The number of rotatable bonds is 7. The molecule has 0 saturated heterocycles. The molecule has 0 spiro atoms. The van der Waals surface area contributed by atoms with E-state index in [-0.39, 0.29) is 5.56 Å². The number of carbonyl (C=O) groups is 1. The number of carbonyl (C=O) groups excluding carboxylic acids is 1. The number of esters is 1. The third-order valence-corrected chi connectivity index (χ3v) is 5.62. The summed E-state index contributed by atoms with van der Waals surface area (Å²) < 4.78 is 12.0. The van der Waals surface area contributed by atoms with Gasteiger partial charge in [-0.2, -0.15) is 0 Å². The summed E-state index contributed by atoms with van der Waals surface area (Å²) in [6.45, 7) is 0.491. The van der Waals surface area contributed by atoms with Crippen molar-refractivity contribution in [3.63, 3.8) is 0 Å². The molecule has 6 heteroatoms. The van der Waals surface area contributed by atoms with Crippen molar-refractivity contribution < 1.29 is 14.3 Å². The first-order valence-electron chi connectivity index (χ1n) is 10.9. The van der Waals surface area contributed by atoms with Gasteiger partial charge in [-0.15, -0.1) is 0 Å². The van der Waals surface area contributed by atoms with Gasteiger partial charge in [0.2, 0.25) is 0 Å². The minimum Gasteiger partial charge on any atom is -0.497 e. The molecule has 1 aromatic heterocycles. The lowest BCUT2D eigenvalue weighted by atomic mass is 10.0. The summed E-state index contributed by atoms with van der Waals surface area (Å²) in [7, 11) is 4.79. The lowest BCUT2D eigenvalue weighted by Crippen LogP contribution is -2.31. The van der Waals surface area contributed by atoms with Gasteiger partial charge < -0.3 is 14.4 Å². The van der Waals surface area contributed by atoms with Gasteiger partial charge in [0, 0.05) is 19.2 Å². The van der Waals surface area contributed by atoms with Crippen LogP contribution in [-0.4, -0.2) is 31.8 Å². The van der Waals surface area contributed by atoms with E-state index in [1.807, 2.05) is 72.6 Å². The Morgan fingerprint density at radius 1 is 0.882 bits per heavy atom. The predicted octanol–water partition coefficient (Wildman–Crippen LogP) is 4.94. The van der Waals surface area contributed by atoms with E-state index in [2.05, 4.69) is 0 Å². The fraction of sp³-hybridized carbons (Fsp3) is 0.143. The Balaban J connectivity index is 2.00. The maximum absolute atomic E-state index is 13.9. The van der Waals surface area contributed by atoms with Crippen molar-refractivity contribution in [2.45, 2.75) is 6.54 Å². The van der Waals surface area contributed by atoms with E-state index in [0.29, 0.717) is 34.9 Å². The first-order valence-corrected chi connectivity index (χ1v) is 10.9. The highest BCUT2D eigenvalue weighted by molar-refractivity contribution is 5.96. The van der Waals surface area contributed by atoms with Crippen molar-refractivity contribution in [3.05, 3.63) is 112 Å². The molecule has 0 saturated carbocycles. The van der Waals surface area contributed by atoms with Crippen molar-refractivity contribution in [2.75, 3.05) is 26.2 Å². The quantitative estimate of drug-likeness (QED) is 0.370. The fourth-order valence-corrected chi connectivity index (χ4v) is 3.97. The highest BCUT2D eigenvalue weighted by atomic mass is 16.5. The first-order chi connectivity index (χ1) is 16.5. The molecule has 0 bridgehead atoms. The van der Waals surface area contributed by atoms with Gasteiger partial charge >= 0.3 is 5.97 Å². The van der Waals surface area contributed by atoms with Crippen LogP contribution in [0.1, 0.15) is 15.9 Å². The molecule has 0 radical (unpaired) electrons. The maximum atomic E-state index is 13.9. The zero-order valence-electron chi connectivity index (χ0n) is 19.4. The Labute approximate surface area is 198 Å². The topological polar surface area (TPSA) is 60.8 Å². The normalized spacial score (nSPS) is 10.6. The Morgan fingerprint density at radius 2 is 1.50 bits per heavy atom. The van der Waals surface area contributed by atoms with Gasteiger partial charge in [-0.25, -0.2) is 4.79 Å². The Hall–Kier alpha value is -4.32. The number of anilines is 1. The van der Waals surface area contributed by atoms with Gasteiger partial charge in [0.05, 0.1) is 19.9 Å². The molecule has 4 rings (SSSR count). The molecular formula is C28H26N2O4. The van der Waals surface area contributed by atoms with E-state index in [0.717, 1.165) is 11.1 Å². The standard InChI is InChI=1S/C28H26N2O4/c1-29(19-20-10-6-4-7-11-20)26-25(28(32)34-3)18-24(21-12-8-5-9-13-21)27(31)30(26)22-14-16-23(33-2)17-15-22/h4-18H,19H2,1-3H3. The van der Waals surface area contributed by atoms with Gasteiger partial charge in [0.1, 0.15) is 17.1 Å². The monoisotopic (exact) mass is 454 g/mol. The van der Waals surface area contributed by atoms with Crippen LogP contribution in [0.3, 0.4) is 0 Å². The summed E-state index contributed by atoms with van der Waals surface area (Å²) in [6.07, 6.45) is 0. The molecule has 0 aliphatic rings. The second-order valence-electron chi connectivity index (χ2n) is 7.83. The van der Waals surface area contributed by atoms with Gasteiger partial charge in [0.25, 0.3) is 5.56 Å². The van der Waals surface area contributed by atoms with Crippen molar-refractivity contribution >= 4 is 11.8 Å². The smallest absolute Gasteiger partial charge is 0.341 e. The van der Waals surface area contributed by atoms with Crippen molar-refractivity contribution in [2.24, 2.45) is 0 Å². The van der Waals surface area contributed by atoms with Crippen LogP contribution in [-0.2, 0) is 11.3 Å². The molecule has 1 heterocycles. The molecule has 0 N–H and O–H groups in total. The second-order valence-corrected chi connectivity index (χ2v) is 7.83. The number of hydrogen-bond donors (Lipinski definition) is 0. The summed E-state index contributed by atoms with van der Waals surface area (Å²) in [4.78, 5) is 28.8. The van der Waals surface area contributed by atoms with E-state index in [4.69, 9.17) is 9.47 Å². The van der Waals surface area contributed by atoms with Crippen LogP contribution in [0.25, 0.3) is 16.8 Å². The molecule has 172 valence electrons. The molecule has 0 fully saturated rings. The van der Waals surface area contributed by atoms with Gasteiger partial charge in [-0.05, 0) is 41.5 Å². The summed E-state index contributed by atoms with van der Waals surface area (Å²) in [5, 5.41) is 0.